The van der Waals surface area contributed by atoms with Gasteiger partial charge in [0.25, 0.3) is 0 Å². The van der Waals surface area contributed by atoms with Crippen LogP contribution in [0.15, 0.2) is 4.99 Å². The highest BCUT2D eigenvalue weighted by molar-refractivity contribution is 5.78. The first-order chi connectivity index (χ1) is 6.24. The van der Waals surface area contributed by atoms with E-state index in [4.69, 9.17) is 0 Å². The summed E-state index contributed by atoms with van der Waals surface area (Å²) < 4.78 is 0. The van der Waals surface area contributed by atoms with Crippen molar-refractivity contribution in [3.8, 4) is 0 Å². The fourth-order valence-electron chi connectivity index (χ4n) is 1.63. The van der Waals surface area contributed by atoms with Gasteiger partial charge in [-0.2, -0.15) is 0 Å². The number of carbonyl (C=O) groups is 1. The predicted octanol–water partition coefficient (Wildman–Crippen LogP) is 1.34. The number of hydrogen-bond donors (Lipinski definition) is 0. The van der Waals surface area contributed by atoms with Crippen LogP contribution in [0.1, 0.15) is 26.2 Å². The minimum absolute atomic E-state index is 0.320. The predicted molar refractivity (Wildman–Crippen MR) is 54.0 cm³/mol. The van der Waals surface area contributed by atoms with Crippen LogP contribution in [0.4, 0.5) is 0 Å². The Morgan fingerprint density at radius 3 is 3.00 bits per heavy atom. The smallest absolute Gasteiger partial charge is 0.222 e. The third-order valence-electron chi connectivity index (χ3n) is 2.43. The molecular formula is C10H18N2O. The van der Waals surface area contributed by atoms with Crippen molar-refractivity contribution < 1.29 is 4.79 Å². The minimum atomic E-state index is 0.320. The van der Waals surface area contributed by atoms with Crippen molar-refractivity contribution in [2.75, 3.05) is 20.1 Å². The largest absolute Gasteiger partial charge is 0.343 e. The van der Waals surface area contributed by atoms with Crippen molar-refractivity contribution in [2.24, 2.45) is 10.9 Å². The van der Waals surface area contributed by atoms with E-state index >= 15 is 0 Å². The van der Waals surface area contributed by atoms with Crippen molar-refractivity contribution in [3.05, 3.63) is 0 Å². The van der Waals surface area contributed by atoms with Crippen LogP contribution in [0.25, 0.3) is 0 Å². The van der Waals surface area contributed by atoms with Crippen LogP contribution in [0.3, 0.4) is 0 Å². The molecule has 1 aliphatic rings. The Morgan fingerprint density at radius 1 is 1.69 bits per heavy atom. The molecule has 1 heterocycles. The van der Waals surface area contributed by atoms with Gasteiger partial charge in [-0.15, -0.1) is 0 Å². The van der Waals surface area contributed by atoms with E-state index in [2.05, 4.69) is 11.9 Å². The molecule has 1 saturated heterocycles. The van der Waals surface area contributed by atoms with Crippen molar-refractivity contribution in [2.45, 2.75) is 26.2 Å². The van der Waals surface area contributed by atoms with Gasteiger partial charge in [-0.05, 0) is 18.8 Å². The topological polar surface area (TPSA) is 32.7 Å². The van der Waals surface area contributed by atoms with E-state index in [0.29, 0.717) is 11.8 Å². The van der Waals surface area contributed by atoms with Gasteiger partial charge in [0.2, 0.25) is 5.91 Å². The molecule has 13 heavy (non-hydrogen) atoms. The molecule has 0 aromatic carbocycles. The van der Waals surface area contributed by atoms with E-state index in [1.807, 2.05) is 11.1 Å². The van der Waals surface area contributed by atoms with Crippen LogP contribution in [0.5, 0.6) is 0 Å². The second-order valence-corrected chi connectivity index (χ2v) is 3.66. The molecule has 0 aromatic rings. The molecule has 0 spiro atoms. The molecule has 0 radical (unpaired) electrons. The molecule has 0 aliphatic carbocycles. The molecule has 1 aliphatic heterocycles. The summed E-state index contributed by atoms with van der Waals surface area (Å²) in [5.41, 5.74) is 0. The lowest BCUT2D eigenvalue weighted by Gasteiger charge is -2.16. The van der Waals surface area contributed by atoms with Crippen LogP contribution in [0.2, 0.25) is 0 Å². The zero-order valence-electron chi connectivity index (χ0n) is 8.49. The fraction of sp³-hybridized carbons (Fsp3) is 0.800. The number of rotatable bonds is 4. The van der Waals surface area contributed by atoms with Gasteiger partial charge in [-0.3, -0.25) is 4.79 Å². The van der Waals surface area contributed by atoms with E-state index in [-0.39, 0.29) is 0 Å². The Bertz CT molecular complexity index is 201. The highest BCUT2D eigenvalue weighted by Gasteiger charge is 2.19. The van der Waals surface area contributed by atoms with E-state index in [1.54, 1.807) is 7.05 Å². The standard InChI is InChI=1S/C10H18N2O/c1-9(8-11-2)5-7-12-6-3-4-10(12)13/h8-9H,3-7H2,1-2H3. The van der Waals surface area contributed by atoms with Gasteiger partial charge in [0.15, 0.2) is 0 Å². The third-order valence-corrected chi connectivity index (χ3v) is 2.43. The Morgan fingerprint density at radius 2 is 2.46 bits per heavy atom. The average molecular weight is 182 g/mol. The van der Waals surface area contributed by atoms with Crippen LogP contribution in [-0.4, -0.2) is 37.2 Å². The number of nitrogens with zero attached hydrogens (tertiary/aromatic N) is 2. The van der Waals surface area contributed by atoms with Crippen LogP contribution >= 0.6 is 0 Å². The van der Waals surface area contributed by atoms with Gasteiger partial charge in [0.1, 0.15) is 0 Å². The summed E-state index contributed by atoms with van der Waals surface area (Å²) in [6, 6.07) is 0. The maximum atomic E-state index is 11.2. The summed E-state index contributed by atoms with van der Waals surface area (Å²) in [6.07, 6.45) is 4.76. The zero-order chi connectivity index (χ0) is 9.68. The molecule has 3 heteroatoms. The number of amides is 1. The maximum absolute atomic E-state index is 11.2. The lowest BCUT2D eigenvalue weighted by Crippen LogP contribution is -2.26. The number of carbonyl (C=O) groups excluding carboxylic acids is 1. The summed E-state index contributed by atoms with van der Waals surface area (Å²) >= 11 is 0. The second kappa shape index (κ2) is 5.00. The molecule has 0 saturated carbocycles. The van der Waals surface area contributed by atoms with Gasteiger partial charge >= 0.3 is 0 Å². The van der Waals surface area contributed by atoms with E-state index in [9.17, 15) is 4.79 Å². The molecule has 1 amide bonds. The van der Waals surface area contributed by atoms with Gasteiger partial charge < -0.3 is 9.89 Å². The molecule has 74 valence electrons. The quantitative estimate of drug-likeness (QED) is 0.604. The average Bonchev–Trinajstić information content (AvgIpc) is 2.48. The van der Waals surface area contributed by atoms with Gasteiger partial charge in [-0.25, -0.2) is 0 Å². The molecule has 1 fully saturated rings. The monoisotopic (exact) mass is 182 g/mol. The molecule has 3 nitrogen and oxygen atoms in total. The van der Waals surface area contributed by atoms with Crippen molar-refractivity contribution in [1.29, 1.82) is 0 Å². The van der Waals surface area contributed by atoms with Crippen LogP contribution in [0, 0.1) is 5.92 Å². The summed E-state index contributed by atoms with van der Waals surface area (Å²) in [6.45, 7) is 3.98. The van der Waals surface area contributed by atoms with E-state index in [0.717, 1.165) is 32.4 Å². The molecule has 1 rings (SSSR count). The molecular weight excluding hydrogens is 164 g/mol. The third kappa shape index (κ3) is 3.17. The highest BCUT2D eigenvalue weighted by atomic mass is 16.2. The zero-order valence-corrected chi connectivity index (χ0v) is 8.49. The molecule has 0 N–H and O–H groups in total. The first-order valence-corrected chi connectivity index (χ1v) is 4.94. The molecule has 0 bridgehead atoms. The SMILES string of the molecule is CN=CC(C)CCN1CCCC1=O. The molecule has 0 aromatic heterocycles. The Labute approximate surface area is 79.8 Å². The van der Waals surface area contributed by atoms with Gasteiger partial charge in [0, 0.05) is 32.8 Å². The normalized spacial score (nSPS) is 20.2. The minimum Gasteiger partial charge on any atom is -0.343 e. The Kier molecular flexibility index (Phi) is 3.93. The summed E-state index contributed by atoms with van der Waals surface area (Å²) in [5.74, 6) is 0.805. The van der Waals surface area contributed by atoms with Crippen molar-refractivity contribution in [3.63, 3.8) is 0 Å². The van der Waals surface area contributed by atoms with Gasteiger partial charge in [0.05, 0.1) is 0 Å². The van der Waals surface area contributed by atoms with Gasteiger partial charge in [-0.1, -0.05) is 6.92 Å². The highest BCUT2D eigenvalue weighted by Crippen LogP contribution is 2.11. The molecule has 1 atom stereocenters. The lowest BCUT2D eigenvalue weighted by atomic mass is 10.1. The van der Waals surface area contributed by atoms with Crippen molar-refractivity contribution >= 4 is 12.1 Å². The molecule has 1 unspecified atom stereocenters. The van der Waals surface area contributed by atoms with E-state index in [1.165, 1.54) is 0 Å². The first-order valence-electron chi connectivity index (χ1n) is 4.94. The fourth-order valence-corrected chi connectivity index (χ4v) is 1.63. The first kappa shape index (κ1) is 10.2. The number of aliphatic imine (C=N–C) groups is 1. The summed E-state index contributed by atoms with van der Waals surface area (Å²) in [4.78, 5) is 17.2. The summed E-state index contributed by atoms with van der Waals surface area (Å²) in [7, 11) is 1.79. The number of hydrogen-bond acceptors (Lipinski definition) is 2. The number of likely N-dealkylation sites (tertiary alicyclic amines) is 1. The second-order valence-electron chi connectivity index (χ2n) is 3.66. The maximum Gasteiger partial charge on any atom is 0.222 e. The van der Waals surface area contributed by atoms with Crippen LogP contribution in [-0.2, 0) is 4.79 Å². The Hall–Kier alpha value is -0.860. The Balaban J connectivity index is 2.21. The summed E-state index contributed by atoms with van der Waals surface area (Å²) in [5, 5.41) is 0. The van der Waals surface area contributed by atoms with E-state index < -0.39 is 0 Å². The van der Waals surface area contributed by atoms with Crippen LogP contribution < -0.4 is 0 Å². The lowest BCUT2D eigenvalue weighted by molar-refractivity contribution is -0.127. The van der Waals surface area contributed by atoms with Crippen molar-refractivity contribution in [1.82, 2.24) is 4.90 Å².